The molecule has 0 aliphatic rings. The zero-order valence-electron chi connectivity index (χ0n) is 9.50. The Morgan fingerprint density at radius 2 is 2.00 bits per heavy atom. The molecule has 90 valence electrons. The number of nitrogens with two attached hydrogens (primary N) is 1. The molecule has 1 aromatic heterocycles. The van der Waals surface area contributed by atoms with Crippen LogP contribution in [-0.2, 0) is 5.41 Å². The van der Waals surface area contributed by atoms with Crippen LogP contribution in [0.3, 0.4) is 0 Å². The second-order valence-corrected chi connectivity index (χ2v) is 4.41. The summed E-state index contributed by atoms with van der Waals surface area (Å²) < 4.78 is 28.7. The van der Waals surface area contributed by atoms with E-state index in [4.69, 9.17) is 10.5 Å². The maximum absolute atomic E-state index is 12.0. The molecule has 0 amide bonds. The minimum atomic E-state index is -2.53. The van der Waals surface area contributed by atoms with Crippen LogP contribution in [-0.4, -0.2) is 23.0 Å². The summed E-state index contributed by atoms with van der Waals surface area (Å²) in [4.78, 5) is 8.06. The quantitative estimate of drug-likeness (QED) is 0.864. The monoisotopic (exact) mass is 231 g/mol. The van der Waals surface area contributed by atoms with E-state index in [2.05, 4.69) is 9.97 Å². The van der Waals surface area contributed by atoms with Crippen molar-refractivity contribution >= 4 is 5.82 Å². The Morgan fingerprint density at radius 3 is 2.50 bits per heavy atom. The largest absolute Gasteiger partial charge is 0.471 e. The van der Waals surface area contributed by atoms with Gasteiger partial charge in [0.2, 0.25) is 5.88 Å². The highest BCUT2D eigenvalue weighted by atomic mass is 19.3. The van der Waals surface area contributed by atoms with Gasteiger partial charge in [-0.3, -0.25) is 0 Å². The first-order valence-corrected chi connectivity index (χ1v) is 4.85. The lowest BCUT2D eigenvalue weighted by Gasteiger charge is -2.17. The minimum absolute atomic E-state index is 0.0812. The Labute approximate surface area is 92.8 Å². The van der Waals surface area contributed by atoms with Gasteiger partial charge in [-0.05, 0) is 0 Å². The van der Waals surface area contributed by atoms with Gasteiger partial charge in [0.1, 0.15) is 11.6 Å². The molecule has 1 rings (SSSR count). The van der Waals surface area contributed by atoms with Gasteiger partial charge >= 0.3 is 0 Å². The highest BCUT2D eigenvalue weighted by Crippen LogP contribution is 2.22. The predicted octanol–water partition coefficient (Wildman–Crippen LogP) is 2.00. The Morgan fingerprint density at radius 1 is 1.38 bits per heavy atom. The van der Waals surface area contributed by atoms with Crippen molar-refractivity contribution in [1.29, 1.82) is 0 Å². The first-order chi connectivity index (χ1) is 7.29. The number of anilines is 1. The fourth-order valence-corrected chi connectivity index (χ4v) is 1.00. The molecular weight excluding hydrogens is 216 g/mol. The average Bonchev–Trinajstić information content (AvgIpc) is 2.12. The smallest absolute Gasteiger partial charge is 0.272 e. The fraction of sp³-hybridized carbons (Fsp3) is 0.600. The molecule has 0 saturated heterocycles. The van der Waals surface area contributed by atoms with Crippen LogP contribution in [0.2, 0.25) is 0 Å². The van der Waals surface area contributed by atoms with E-state index in [9.17, 15) is 8.78 Å². The van der Waals surface area contributed by atoms with Crippen molar-refractivity contribution in [3.05, 3.63) is 11.9 Å². The van der Waals surface area contributed by atoms with Crippen LogP contribution in [0.5, 0.6) is 5.88 Å². The van der Waals surface area contributed by atoms with Gasteiger partial charge in [-0.1, -0.05) is 20.8 Å². The molecule has 0 aliphatic heterocycles. The molecule has 6 heteroatoms. The molecule has 0 aromatic carbocycles. The summed E-state index contributed by atoms with van der Waals surface area (Å²) >= 11 is 0. The molecule has 0 saturated carbocycles. The third-order valence-corrected chi connectivity index (χ3v) is 1.75. The maximum atomic E-state index is 12.0. The standard InChI is InChI=1S/C10H15F2N3O/c1-10(2,3)9-14-7(13)4-8(15-9)16-5-6(11)12/h4,6H,5H2,1-3H3,(H2,13,14,15). The van der Waals surface area contributed by atoms with Crippen molar-refractivity contribution in [2.75, 3.05) is 12.3 Å². The van der Waals surface area contributed by atoms with E-state index in [1.165, 1.54) is 6.07 Å². The van der Waals surface area contributed by atoms with Crippen molar-refractivity contribution in [1.82, 2.24) is 9.97 Å². The van der Waals surface area contributed by atoms with E-state index >= 15 is 0 Å². The van der Waals surface area contributed by atoms with Crippen LogP contribution in [0.25, 0.3) is 0 Å². The Balaban J connectivity index is 2.90. The first-order valence-electron chi connectivity index (χ1n) is 4.85. The summed E-state index contributed by atoms with van der Waals surface area (Å²) in [5, 5.41) is 0. The van der Waals surface area contributed by atoms with Crippen LogP contribution in [0.4, 0.5) is 14.6 Å². The molecule has 0 bridgehead atoms. The molecular formula is C10H15F2N3O. The van der Waals surface area contributed by atoms with Crippen LogP contribution in [0.1, 0.15) is 26.6 Å². The predicted molar refractivity (Wildman–Crippen MR) is 56.6 cm³/mol. The number of nitrogens with zero attached hydrogens (tertiary/aromatic N) is 2. The van der Waals surface area contributed by atoms with Crippen molar-refractivity contribution in [2.45, 2.75) is 32.6 Å². The number of ether oxygens (including phenoxy) is 1. The molecule has 0 fully saturated rings. The second kappa shape index (κ2) is 4.59. The van der Waals surface area contributed by atoms with Crippen molar-refractivity contribution in [3.63, 3.8) is 0 Å². The summed E-state index contributed by atoms with van der Waals surface area (Å²) in [6.45, 7) is 5.01. The molecule has 0 unspecified atom stereocenters. The van der Waals surface area contributed by atoms with E-state index in [0.29, 0.717) is 5.82 Å². The van der Waals surface area contributed by atoms with E-state index < -0.39 is 13.0 Å². The van der Waals surface area contributed by atoms with Gasteiger partial charge in [0.05, 0.1) is 0 Å². The Kier molecular flexibility index (Phi) is 3.62. The molecule has 0 atom stereocenters. The molecule has 1 heterocycles. The zero-order valence-corrected chi connectivity index (χ0v) is 9.50. The van der Waals surface area contributed by atoms with Gasteiger partial charge < -0.3 is 10.5 Å². The third kappa shape index (κ3) is 3.60. The Bertz CT molecular complexity index is 364. The topological polar surface area (TPSA) is 61.0 Å². The number of alkyl halides is 2. The fourth-order valence-electron chi connectivity index (χ4n) is 1.00. The second-order valence-electron chi connectivity index (χ2n) is 4.41. The first kappa shape index (κ1) is 12.6. The number of rotatable bonds is 3. The number of nitrogen functional groups attached to an aromatic ring is 1. The number of aromatic nitrogens is 2. The molecule has 16 heavy (non-hydrogen) atoms. The summed E-state index contributed by atoms with van der Waals surface area (Å²) in [6.07, 6.45) is -2.53. The maximum Gasteiger partial charge on any atom is 0.272 e. The number of hydrogen-bond donors (Lipinski definition) is 1. The van der Waals surface area contributed by atoms with Gasteiger partial charge in [0, 0.05) is 11.5 Å². The SMILES string of the molecule is CC(C)(C)c1nc(N)cc(OCC(F)F)n1. The number of halogens is 2. The lowest BCUT2D eigenvalue weighted by molar-refractivity contribution is 0.0793. The minimum Gasteiger partial charge on any atom is -0.471 e. The molecule has 1 aromatic rings. The lowest BCUT2D eigenvalue weighted by Crippen LogP contribution is -2.18. The number of hydrogen-bond acceptors (Lipinski definition) is 4. The highest BCUT2D eigenvalue weighted by Gasteiger charge is 2.19. The average molecular weight is 231 g/mol. The van der Waals surface area contributed by atoms with Crippen LogP contribution in [0, 0.1) is 0 Å². The molecule has 0 spiro atoms. The van der Waals surface area contributed by atoms with Crippen molar-refractivity contribution in [2.24, 2.45) is 0 Å². The van der Waals surface area contributed by atoms with Crippen LogP contribution < -0.4 is 10.5 Å². The van der Waals surface area contributed by atoms with E-state index in [-0.39, 0.29) is 17.1 Å². The molecule has 0 aliphatic carbocycles. The highest BCUT2D eigenvalue weighted by molar-refractivity contribution is 5.34. The van der Waals surface area contributed by atoms with E-state index in [1.54, 1.807) is 0 Å². The summed E-state index contributed by atoms with van der Waals surface area (Å²) in [6, 6.07) is 1.33. The summed E-state index contributed by atoms with van der Waals surface area (Å²) in [5.41, 5.74) is 5.24. The van der Waals surface area contributed by atoms with E-state index in [1.807, 2.05) is 20.8 Å². The zero-order chi connectivity index (χ0) is 12.3. The van der Waals surface area contributed by atoms with Gasteiger partial charge in [-0.2, -0.15) is 4.98 Å². The van der Waals surface area contributed by atoms with Gasteiger partial charge in [-0.25, -0.2) is 13.8 Å². The van der Waals surface area contributed by atoms with Gasteiger partial charge in [0.25, 0.3) is 6.43 Å². The van der Waals surface area contributed by atoms with Crippen molar-refractivity contribution < 1.29 is 13.5 Å². The lowest BCUT2D eigenvalue weighted by atomic mass is 9.96. The Hall–Kier alpha value is -1.46. The molecule has 0 radical (unpaired) electrons. The van der Waals surface area contributed by atoms with Crippen LogP contribution >= 0.6 is 0 Å². The summed E-state index contributed by atoms with van der Waals surface area (Å²) in [5.74, 6) is 0.763. The normalized spacial score (nSPS) is 11.9. The molecule has 2 N–H and O–H groups in total. The van der Waals surface area contributed by atoms with E-state index in [0.717, 1.165) is 0 Å². The summed E-state index contributed by atoms with van der Waals surface area (Å²) in [7, 11) is 0. The van der Waals surface area contributed by atoms with Crippen LogP contribution in [0.15, 0.2) is 6.07 Å². The van der Waals surface area contributed by atoms with Gasteiger partial charge in [-0.15, -0.1) is 0 Å². The van der Waals surface area contributed by atoms with Gasteiger partial charge in [0.15, 0.2) is 6.61 Å². The molecule has 4 nitrogen and oxygen atoms in total. The van der Waals surface area contributed by atoms with Crippen molar-refractivity contribution in [3.8, 4) is 5.88 Å². The third-order valence-electron chi connectivity index (χ3n) is 1.75.